The van der Waals surface area contributed by atoms with Gasteiger partial charge in [0.2, 0.25) is 0 Å². The van der Waals surface area contributed by atoms with Crippen LogP contribution < -0.4 is 0 Å². The highest BCUT2D eigenvalue weighted by Crippen LogP contribution is 2.11. The van der Waals surface area contributed by atoms with E-state index in [9.17, 15) is 5.11 Å². The fourth-order valence-corrected chi connectivity index (χ4v) is 2.03. The number of aliphatic hydroxyl groups is 2. The number of unbranched alkanes of at least 4 members (excludes halogenated alkanes) is 3. The summed E-state index contributed by atoms with van der Waals surface area (Å²) in [6.45, 7) is 3.45. The molecule has 0 amide bonds. The summed E-state index contributed by atoms with van der Waals surface area (Å²) in [5, 5.41) is 18.1. The lowest BCUT2D eigenvalue weighted by Crippen LogP contribution is -2.38. The highest BCUT2D eigenvalue weighted by molar-refractivity contribution is 4.71. The van der Waals surface area contributed by atoms with Gasteiger partial charge in [-0.2, -0.15) is 0 Å². The topological polar surface area (TPSA) is 43.7 Å². The highest BCUT2D eigenvalue weighted by atomic mass is 16.3. The largest absolute Gasteiger partial charge is 0.396 e. The van der Waals surface area contributed by atoms with E-state index >= 15 is 0 Å². The van der Waals surface area contributed by atoms with Gasteiger partial charge in [-0.15, -0.1) is 0 Å². The molecule has 1 saturated heterocycles. The molecule has 0 radical (unpaired) electrons. The first-order valence-electron chi connectivity index (χ1n) is 5.84. The number of β-amino-alcohol motifs (C(OH)–C–C–N with tert-alkyl or cyclic N) is 1. The van der Waals surface area contributed by atoms with Crippen LogP contribution in [0.2, 0.25) is 0 Å². The van der Waals surface area contributed by atoms with Crippen LogP contribution >= 0.6 is 0 Å². The van der Waals surface area contributed by atoms with E-state index in [0.29, 0.717) is 6.61 Å². The third-order valence-electron chi connectivity index (χ3n) is 2.86. The van der Waals surface area contributed by atoms with Crippen molar-refractivity contribution < 1.29 is 10.2 Å². The van der Waals surface area contributed by atoms with Crippen LogP contribution in [0.25, 0.3) is 0 Å². The van der Waals surface area contributed by atoms with Crippen LogP contribution in [0.15, 0.2) is 0 Å². The Morgan fingerprint density at radius 1 is 1.14 bits per heavy atom. The molecule has 0 aromatic carbocycles. The van der Waals surface area contributed by atoms with Crippen molar-refractivity contribution in [2.75, 3.05) is 26.2 Å². The van der Waals surface area contributed by atoms with Gasteiger partial charge in [-0.05, 0) is 38.8 Å². The minimum Gasteiger partial charge on any atom is -0.396 e. The molecule has 1 rings (SSSR count). The summed E-state index contributed by atoms with van der Waals surface area (Å²) in [5.41, 5.74) is 0. The van der Waals surface area contributed by atoms with Gasteiger partial charge in [-0.1, -0.05) is 12.8 Å². The Bertz CT molecular complexity index is 141. The Labute approximate surface area is 86.7 Å². The fraction of sp³-hybridized carbons (Fsp3) is 1.00. The second-order valence-corrected chi connectivity index (χ2v) is 4.23. The van der Waals surface area contributed by atoms with Crippen LogP contribution in [0.3, 0.4) is 0 Å². The summed E-state index contributed by atoms with van der Waals surface area (Å²) < 4.78 is 0. The fourth-order valence-electron chi connectivity index (χ4n) is 2.03. The van der Waals surface area contributed by atoms with Gasteiger partial charge >= 0.3 is 0 Å². The minimum atomic E-state index is -0.0961. The zero-order chi connectivity index (χ0) is 10.2. The molecular formula is C11H23NO2. The Morgan fingerprint density at radius 3 is 2.64 bits per heavy atom. The minimum absolute atomic E-state index is 0.0961. The van der Waals surface area contributed by atoms with Crippen LogP contribution in [0.4, 0.5) is 0 Å². The van der Waals surface area contributed by atoms with Gasteiger partial charge in [0.1, 0.15) is 0 Å². The summed E-state index contributed by atoms with van der Waals surface area (Å²) in [4.78, 5) is 2.35. The van der Waals surface area contributed by atoms with E-state index in [4.69, 9.17) is 5.11 Å². The van der Waals surface area contributed by atoms with Crippen LogP contribution in [0, 0.1) is 0 Å². The molecule has 1 heterocycles. The Morgan fingerprint density at radius 2 is 1.93 bits per heavy atom. The lowest BCUT2D eigenvalue weighted by molar-refractivity contribution is 0.0697. The lowest BCUT2D eigenvalue weighted by atomic mass is 10.1. The average Bonchev–Trinajstić information content (AvgIpc) is 2.18. The van der Waals surface area contributed by atoms with Crippen LogP contribution in [-0.2, 0) is 0 Å². The number of piperidine rings is 1. The van der Waals surface area contributed by atoms with E-state index < -0.39 is 0 Å². The van der Waals surface area contributed by atoms with E-state index in [1.807, 2.05) is 0 Å². The molecule has 0 saturated carbocycles. The summed E-state index contributed by atoms with van der Waals surface area (Å²) in [7, 11) is 0. The van der Waals surface area contributed by atoms with E-state index in [1.54, 1.807) is 0 Å². The van der Waals surface area contributed by atoms with Gasteiger partial charge in [0.15, 0.2) is 0 Å². The average molecular weight is 201 g/mol. The second-order valence-electron chi connectivity index (χ2n) is 4.23. The smallest absolute Gasteiger partial charge is 0.0667 e. The molecule has 3 heteroatoms. The third kappa shape index (κ3) is 4.94. The first-order chi connectivity index (χ1) is 6.83. The number of hydrogen-bond acceptors (Lipinski definition) is 3. The summed E-state index contributed by atoms with van der Waals surface area (Å²) in [5.74, 6) is 0. The van der Waals surface area contributed by atoms with Crippen molar-refractivity contribution in [2.45, 2.75) is 44.6 Å². The lowest BCUT2D eigenvalue weighted by Gasteiger charge is -2.29. The molecule has 0 bridgehead atoms. The molecule has 84 valence electrons. The molecule has 2 N–H and O–H groups in total. The molecule has 0 aromatic rings. The van der Waals surface area contributed by atoms with E-state index in [-0.39, 0.29) is 6.10 Å². The molecule has 0 aromatic heterocycles. The van der Waals surface area contributed by atoms with Gasteiger partial charge < -0.3 is 15.1 Å². The van der Waals surface area contributed by atoms with Crippen molar-refractivity contribution in [3.8, 4) is 0 Å². The van der Waals surface area contributed by atoms with Gasteiger partial charge in [-0.25, -0.2) is 0 Å². The highest BCUT2D eigenvalue weighted by Gasteiger charge is 2.16. The molecule has 0 spiro atoms. The predicted octanol–water partition coefficient (Wildman–Crippen LogP) is 0.996. The molecule has 0 unspecified atom stereocenters. The summed E-state index contributed by atoms with van der Waals surface area (Å²) in [6.07, 6.45) is 6.48. The van der Waals surface area contributed by atoms with Crippen molar-refractivity contribution >= 4 is 0 Å². The third-order valence-corrected chi connectivity index (χ3v) is 2.86. The van der Waals surface area contributed by atoms with Gasteiger partial charge in [0, 0.05) is 13.2 Å². The molecule has 1 aliphatic rings. The van der Waals surface area contributed by atoms with Crippen LogP contribution in [0.5, 0.6) is 0 Å². The molecule has 1 fully saturated rings. The van der Waals surface area contributed by atoms with Crippen LogP contribution in [0.1, 0.15) is 38.5 Å². The normalized spacial score (nSPS) is 24.0. The van der Waals surface area contributed by atoms with Crippen molar-refractivity contribution in [1.29, 1.82) is 0 Å². The Kier molecular flexibility index (Phi) is 6.15. The number of hydrogen-bond donors (Lipinski definition) is 2. The van der Waals surface area contributed by atoms with E-state index in [0.717, 1.165) is 45.3 Å². The van der Waals surface area contributed by atoms with Gasteiger partial charge in [0.05, 0.1) is 6.10 Å². The number of rotatable bonds is 6. The zero-order valence-corrected chi connectivity index (χ0v) is 8.99. The monoisotopic (exact) mass is 201 g/mol. The quantitative estimate of drug-likeness (QED) is 0.630. The Balaban J connectivity index is 1.95. The molecule has 3 nitrogen and oxygen atoms in total. The summed E-state index contributed by atoms with van der Waals surface area (Å²) >= 11 is 0. The zero-order valence-electron chi connectivity index (χ0n) is 8.99. The standard InChI is InChI=1S/C11H23NO2/c13-9-4-2-1-3-7-12-8-5-6-11(14)10-12/h11,13-14H,1-10H2/t11-/m0/s1. The number of likely N-dealkylation sites (tertiary alicyclic amines) is 1. The van der Waals surface area contributed by atoms with Gasteiger partial charge in [0.25, 0.3) is 0 Å². The van der Waals surface area contributed by atoms with Gasteiger partial charge in [-0.3, -0.25) is 0 Å². The Hall–Kier alpha value is -0.120. The van der Waals surface area contributed by atoms with Crippen molar-refractivity contribution in [2.24, 2.45) is 0 Å². The first-order valence-corrected chi connectivity index (χ1v) is 5.84. The first kappa shape index (κ1) is 12.0. The maximum absolute atomic E-state index is 9.45. The van der Waals surface area contributed by atoms with Crippen molar-refractivity contribution in [3.05, 3.63) is 0 Å². The SMILES string of the molecule is OCCCCCCN1CCC[C@H](O)C1. The molecule has 0 aliphatic carbocycles. The van der Waals surface area contributed by atoms with E-state index in [1.165, 1.54) is 12.8 Å². The molecule has 14 heavy (non-hydrogen) atoms. The number of nitrogens with zero attached hydrogens (tertiary/aromatic N) is 1. The molecule has 1 aliphatic heterocycles. The van der Waals surface area contributed by atoms with Crippen molar-refractivity contribution in [1.82, 2.24) is 4.90 Å². The van der Waals surface area contributed by atoms with E-state index in [2.05, 4.69) is 4.90 Å². The maximum Gasteiger partial charge on any atom is 0.0667 e. The maximum atomic E-state index is 9.45. The predicted molar refractivity (Wildman–Crippen MR) is 57.2 cm³/mol. The summed E-state index contributed by atoms with van der Waals surface area (Å²) in [6, 6.07) is 0. The van der Waals surface area contributed by atoms with Crippen molar-refractivity contribution in [3.63, 3.8) is 0 Å². The molecular weight excluding hydrogens is 178 g/mol. The molecule has 1 atom stereocenters. The number of aliphatic hydroxyl groups excluding tert-OH is 2. The van der Waals surface area contributed by atoms with Crippen LogP contribution in [-0.4, -0.2) is 47.5 Å². The second kappa shape index (κ2) is 7.21.